The first-order valence-electron chi connectivity index (χ1n) is 6.82. The van der Waals surface area contributed by atoms with Gasteiger partial charge in [0, 0.05) is 0 Å². The molecule has 1 atom stereocenters. The summed E-state index contributed by atoms with van der Waals surface area (Å²) in [5.41, 5.74) is 2.67. The van der Waals surface area contributed by atoms with E-state index in [2.05, 4.69) is 15.6 Å². The van der Waals surface area contributed by atoms with Crippen molar-refractivity contribution in [3.8, 4) is 11.6 Å². The molecule has 24 heavy (non-hydrogen) atoms. The van der Waals surface area contributed by atoms with E-state index in [4.69, 9.17) is 4.74 Å². The number of aromatic nitrogens is 2. The number of nitro groups is 1. The smallest absolute Gasteiger partial charge is 0.350 e. The van der Waals surface area contributed by atoms with E-state index in [1.807, 2.05) is 0 Å². The number of nitrogens with one attached hydrogen (secondary N) is 1. The van der Waals surface area contributed by atoms with Gasteiger partial charge in [0.25, 0.3) is 5.91 Å². The number of amides is 1. The van der Waals surface area contributed by atoms with E-state index in [-0.39, 0.29) is 17.3 Å². The van der Waals surface area contributed by atoms with Crippen molar-refractivity contribution in [2.45, 2.75) is 13.0 Å². The Labute approximate surface area is 136 Å². The van der Waals surface area contributed by atoms with Crippen molar-refractivity contribution >= 4 is 17.8 Å². The number of methoxy groups -OCH3 is 1. The molecule has 0 radical (unpaired) electrons. The summed E-state index contributed by atoms with van der Waals surface area (Å²) in [7, 11) is 1.26. The molecular weight excluding hydrogens is 318 g/mol. The number of hydrazone groups is 1. The maximum absolute atomic E-state index is 12.0. The minimum atomic E-state index is -0.829. The van der Waals surface area contributed by atoms with E-state index >= 15 is 0 Å². The molecule has 0 fully saturated rings. The zero-order chi connectivity index (χ0) is 17.7. The lowest BCUT2D eigenvalue weighted by Gasteiger charge is -2.09. The minimum Gasteiger partial charge on any atom is -0.508 e. The average molecular weight is 333 g/mol. The van der Waals surface area contributed by atoms with Crippen LogP contribution in [0.2, 0.25) is 0 Å². The van der Waals surface area contributed by atoms with Gasteiger partial charge in [-0.25, -0.2) is 10.1 Å². The first-order valence-corrected chi connectivity index (χ1v) is 6.82. The Balaban J connectivity index is 2.04. The van der Waals surface area contributed by atoms with Gasteiger partial charge < -0.3 is 9.84 Å². The first kappa shape index (κ1) is 16.9. The lowest BCUT2D eigenvalue weighted by molar-refractivity contribution is -0.385. The highest BCUT2D eigenvalue weighted by atomic mass is 16.6. The maximum atomic E-state index is 12.0. The Bertz CT molecular complexity index is 768. The zero-order valence-electron chi connectivity index (χ0n) is 12.9. The number of benzene rings is 1. The molecule has 0 saturated carbocycles. The Morgan fingerprint density at radius 1 is 1.50 bits per heavy atom. The van der Waals surface area contributed by atoms with Crippen molar-refractivity contribution in [1.29, 1.82) is 0 Å². The number of hydrogen-bond donors (Lipinski definition) is 2. The summed E-state index contributed by atoms with van der Waals surface area (Å²) in [5.74, 6) is -0.559. The van der Waals surface area contributed by atoms with Gasteiger partial charge in [0.05, 0.1) is 18.2 Å². The van der Waals surface area contributed by atoms with Crippen molar-refractivity contribution in [3.05, 3.63) is 46.1 Å². The van der Waals surface area contributed by atoms with Crippen LogP contribution >= 0.6 is 0 Å². The summed E-state index contributed by atoms with van der Waals surface area (Å²) in [4.78, 5) is 22.3. The van der Waals surface area contributed by atoms with Crippen LogP contribution in [0.5, 0.6) is 11.6 Å². The summed E-state index contributed by atoms with van der Waals surface area (Å²) in [6.45, 7) is 1.52. The third-order valence-corrected chi connectivity index (χ3v) is 3.13. The molecule has 0 bridgehead atoms. The molecule has 0 unspecified atom stereocenters. The normalized spacial score (nSPS) is 12.1. The number of ether oxygens (including phenoxy) is 1. The predicted molar refractivity (Wildman–Crippen MR) is 84.0 cm³/mol. The molecule has 0 spiro atoms. The van der Waals surface area contributed by atoms with Crippen molar-refractivity contribution in [1.82, 2.24) is 15.2 Å². The van der Waals surface area contributed by atoms with Crippen LogP contribution in [0.4, 0.5) is 5.69 Å². The molecule has 2 aromatic rings. The summed E-state index contributed by atoms with van der Waals surface area (Å²) in [6.07, 6.45) is 2.52. The molecule has 0 aliphatic carbocycles. The molecule has 0 saturated heterocycles. The highest BCUT2D eigenvalue weighted by Gasteiger charge is 2.25. The van der Waals surface area contributed by atoms with Crippen LogP contribution in [0.25, 0.3) is 0 Å². The second-order valence-electron chi connectivity index (χ2n) is 4.76. The standard InChI is InChI=1S/C14H15N5O5/c1-9(18-8-12(19(22)23)14(17-18)24-2)13(21)16-15-7-10-3-5-11(20)6-4-10/h3-9,20H,1-2H3,(H,16,21)/b15-7+/t9-/m1/s1. The van der Waals surface area contributed by atoms with E-state index in [1.54, 1.807) is 12.1 Å². The molecule has 10 heteroatoms. The van der Waals surface area contributed by atoms with Crippen LogP contribution < -0.4 is 10.2 Å². The molecule has 0 aliphatic heterocycles. The lowest BCUT2D eigenvalue weighted by Crippen LogP contribution is -2.27. The fourth-order valence-electron chi connectivity index (χ4n) is 1.78. The molecule has 10 nitrogen and oxygen atoms in total. The van der Waals surface area contributed by atoms with Crippen molar-refractivity contribution < 1.29 is 19.6 Å². The largest absolute Gasteiger partial charge is 0.508 e. The van der Waals surface area contributed by atoms with Crippen molar-refractivity contribution in [2.24, 2.45) is 5.10 Å². The summed E-state index contributed by atoms with van der Waals surface area (Å²) in [6, 6.07) is 5.39. The SMILES string of the molecule is COc1nn([C@H](C)C(=O)N/N=C/c2ccc(O)cc2)cc1[N+](=O)[O-]. The second-order valence-corrected chi connectivity index (χ2v) is 4.76. The summed E-state index contributed by atoms with van der Waals surface area (Å²) < 4.78 is 5.94. The average Bonchev–Trinajstić information content (AvgIpc) is 3.00. The molecule has 2 rings (SSSR count). The molecule has 1 amide bonds. The van der Waals surface area contributed by atoms with Gasteiger partial charge in [0.1, 0.15) is 18.0 Å². The van der Waals surface area contributed by atoms with E-state index in [1.165, 1.54) is 32.4 Å². The number of nitrogens with zero attached hydrogens (tertiary/aromatic N) is 4. The van der Waals surface area contributed by atoms with Crippen LogP contribution in [-0.4, -0.2) is 39.0 Å². The van der Waals surface area contributed by atoms with Crippen molar-refractivity contribution in [2.75, 3.05) is 7.11 Å². The predicted octanol–water partition coefficient (Wildman–Crippen LogP) is 1.22. The van der Waals surface area contributed by atoms with E-state index in [9.17, 15) is 20.0 Å². The van der Waals surface area contributed by atoms with Gasteiger partial charge in [-0.1, -0.05) is 0 Å². The van der Waals surface area contributed by atoms with Crippen LogP contribution in [0.3, 0.4) is 0 Å². The molecule has 0 aliphatic rings. The molecule has 1 aromatic heterocycles. The Morgan fingerprint density at radius 3 is 2.71 bits per heavy atom. The fourth-order valence-corrected chi connectivity index (χ4v) is 1.78. The van der Waals surface area contributed by atoms with E-state index < -0.39 is 16.9 Å². The Morgan fingerprint density at radius 2 is 2.17 bits per heavy atom. The third-order valence-electron chi connectivity index (χ3n) is 3.13. The van der Waals surface area contributed by atoms with E-state index in [0.29, 0.717) is 5.56 Å². The van der Waals surface area contributed by atoms with Gasteiger partial charge in [-0.15, -0.1) is 5.10 Å². The zero-order valence-corrected chi connectivity index (χ0v) is 12.9. The quantitative estimate of drug-likeness (QED) is 0.464. The first-order chi connectivity index (χ1) is 11.4. The lowest BCUT2D eigenvalue weighted by atomic mass is 10.2. The highest BCUT2D eigenvalue weighted by molar-refractivity contribution is 5.84. The fraction of sp³-hybridized carbons (Fsp3) is 0.214. The summed E-state index contributed by atoms with van der Waals surface area (Å²) in [5, 5.41) is 27.7. The Hall–Kier alpha value is -3.43. The van der Waals surface area contributed by atoms with Crippen LogP contribution in [0.1, 0.15) is 18.5 Å². The number of phenols is 1. The number of hydrogen-bond acceptors (Lipinski definition) is 7. The topological polar surface area (TPSA) is 132 Å². The number of phenolic OH excluding ortho intramolecular Hbond substituents is 1. The van der Waals surface area contributed by atoms with Gasteiger partial charge in [0.2, 0.25) is 0 Å². The molecule has 1 aromatic carbocycles. The van der Waals surface area contributed by atoms with Gasteiger partial charge in [-0.3, -0.25) is 14.9 Å². The monoisotopic (exact) mass is 333 g/mol. The van der Waals surface area contributed by atoms with Crippen LogP contribution in [0, 0.1) is 10.1 Å². The molecule has 1 heterocycles. The minimum absolute atomic E-state index is 0.124. The van der Waals surface area contributed by atoms with Crippen molar-refractivity contribution in [3.63, 3.8) is 0 Å². The van der Waals surface area contributed by atoms with Crippen LogP contribution in [0.15, 0.2) is 35.6 Å². The van der Waals surface area contributed by atoms with Gasteiger partial charge in [0.15, 0.2) is 0 Å². The highest BCUT2D eigenvalue weighted by Crippen LogP contribution is 2.25. The third kappa shape index (κ3) is 3.85. The van der Waals surface area contributed by atoms with Gasteiger partial charge in [-0.05, 0) is 36.8 Å². The number of rotatable bonds is 6. The summed E-state index contributed by atoms with van der Waals surface area (Å²) >= 11 is 0. The van der Waals surface area contributed by atoms with Gasteiger partial charge in [-0.2, -0.15) is 5.10 Å². The molecule has 2 N–H and O–H groups in total. The number of aromatic hydroxyl groups is 1. The van der Waals surface area contributed by atoms with Crippen LogP contribution in [-0.2, 0) is 4.79 Å². The Kier molecular flexibility index (Phi) is 5.09. The molecular formula is C14H15N5O5. The maximum Gasteiger partial charge on any atom is 0.350 e. The number of carbonyl (C=O) groups excluding carboxylic acids is 1. The second kappa shape index (κ2) is 7.22. The number of carbonyl (C=O) groups is 1. The van der Waals surface area contributed by atoms with E-state index in [0.717, 1.165) is 10.9 Å². The van der Waals surface area contributed by atoms with Gasteiger partial charge >= 0.3 is 11.6 Å². The molecule has 126 valence electrons.